The summed E-state index contributed by atoms with van der Waals surface area (Å²) in [5.74, 6) is 0.875. The highest BCUT2D eigenvalue weighted by atomic mass is 16.6. The summed E-state index contributed by atoms with van der Waals surface area (Å²) in [7, 11) is 0. The molecule has 0 rings (SSSR count). The molecule has 6 nitrogen and oxygen atoms in total. The predicted molar refractivity (Wildman–Crippen MR) is 256 cm³/mol. The molecule has 0 saturated heterocycles. The second kappa shape index (κ2) is 46.9. The van der Waals surface area contributed by atoms with Gasteiger partial charge in [-0.25, -0.2) is 0 Å². The minimum atomic E-state index is -0.760. The van der Waals surface area contributed by atoms with Crippen LogP contribution in [0, 0.1) is 11.8 Å². The van der Waals surface area contributed by atoms with Crippen LogP contribution in [0.5, 0.6) is 0 Å². The Morgan fingerprint density at radius 3 is 0.950 bits per heavy atom. The number of hydrogen-bond donors (Lipinski definition) is 0. The van der Waals surface area contributed by atoms with Crippen LogP contribution in [-0.2, 0) is 28.6 Å². The van der Waals surface area contributed by atoms with Crippen molar-refractivity contribution in [3.05, 3.63) is 0 Å². The van der Waals surface area contributed by atoms with E-state index in [2.05, 4.69) is 34.6 Å². The van der Waals surface area contributed by atoms with Crippen molar-refractivity contribution in [1.82, 2.24) is 0 Å². The number of ether oxygens (including phenoxy) is 3. The molecule has 0 bridgehead atoms. The first-order valence-corrected chi connectivity index (χ1v) is 26.8. The first-order valence-electron chi connectivity index (χ1n) is 26.8. The maximum atomic E-state index is 12.7. The summed E-state index contributed by atoms with van der Waals surface area (Å²) in [6.45, 7) is 11.4. The summed E-state index contributed by atoms with van der Waals surface area (Å²) in [5, 5.41) is 0. The molecule has 0 fully saturated rings. The molecule has 2 atom stereocenters. The summed E-state index contributed by atoms with van der Waals surface area (Å²) in [6.07, 6.45) is 48.2. The van der Waals surface area contributed by atoms with Crippen LogP contribution in [0.15, 0.2) is 0 Å². The molecule has 0 heterocycles. The van der Waals surface area contributed by atoms with E-state index in [9.17, 15) is 14.4 Å². The Morgan fingerprint density at radius 2 is 0.633 bits per heavy atom. The number of esters is 3. The van der Waals surface area contributed by atoms with E-state index in [1.807, 2.05) is 0 Å². The number of carbonyl (C=O) groups is 3. The summed E-state index contributed by atoms with van der Waals surface area (Å²) in [5.41, 5.74) is 0. The van der Waals surface area contributed by atoms with E-state index in [-0.39, 0.29) is 31.1 Å². The van der Waals surface area contributed by atoms with Gasteiger partial charge in [0, 0.05) is 19.3 Å². The molecule has 60 heavy (non-hydrogen) atoms. The van der Waals surface area contributed by atoms with Crippen LogP contribution in [0.4, 0.5) is 0 Å². The third-order valence-electron chi connectivity index (χ3n) is 12.6. The third kappa shape index (κ3) is 45.9. The van der Waals surface area contributed by atoms with E-state index in [0.29, 0.717) is 19.3 Å². The summed E-state index contributed by atoms with van der Waals surface area (Å²) in [4.78, 5) is 37.8. The molecular weight excluding hydrogens is 745 g/mol. The van der Waals surface area contributed by atoms with Crippen LogP contribution in [0.25, 0.3) is 0 Å². The Labute approximate surface area is 374 Å². The Hall–Kier alpha value is -1.59. The quantitative estimate of drug-likeness (QED) is 0.0345. The molecule has 0 spiro atoms. The van der Waals surface area contributed by atoms with Gasteiger partial charge in [-0.15, -0.1) is 0 Å². The highest BCUT2D eigenvalue weighted by Gasteiger charge is 2.19. The molecule has 0 radical (unpaired) electrons. The van der Waals surface area contributed by atoms with Crippen LogP contribution in [-0.4, -0.2) is 37.2 Å². The second-order valence-corrected chi connectivity index (χ2v) is 19.2. The number of carbonyl (C=O) groups excluding carboxylic acids is 3. The van der Waals surface area contributed by atoms with Crippen LogP contribution in [0.3, 0.4) is 0 Å². The van der Waals surface area contributed by atoms with Crippen molar-refractivity contribution in [2.75, 3.05) is 13.2 Å². The minimum absolute atomic E-state index is 0.0641. The highest BCUT2D eigenvalue weighted by molar-refractivity contribution is 5.71. The molecular formula is C54H104O6. The number of rotatable bonds is 48. The molecule has 356 valence electrons. The number of unbranched alkanes of at least 4 members (excludes halogenated alkanes) is 32. The fourth-order valence-corrected chi connectivity index (χ4v) is 8.13. The SMILES string of the molecule is CCCCCCCCCC(=O)O[C@H](COC(=O)CCCCCCCCCCCCCCCCCCCCC(C)C)COC(=O)CCCCCCCCCCCCC(C)CC. The van der Waals surface area contributed by atoms with Crippen LogP contribution in [0.1, 0.15) is 298 Å². The zero-order valence-electron chi connectivity index (χ0n) is 41.1. The lowest BCUT2D eigenvalue weighted by Crippen LogP contribution is -2.30. The fraction of sp³-hybridized carbons (Fsp3) is 0.944. The molecule has 0 amide bonds. The molecule has 0 aliphatic rings. The van der Waals surface area contributed by atoms with Crippen LogP contribution < -0.4 is 0 Å². The second-order valence-electron chi connectivity index (χ2n) is 19.2. The Kier molecular flexibility index (Phi) is 45.7. The normalized spacial score (nSPS) is 12.5. The smallest absolute Gasteiger partial charge is 0.306 e. The molecule has 6 heteroatoms. The van der Waals surface area contributed by atoms with Crippen molar-refractivity contribution in [3.63, 3.8) is 0 Å². The minimum Gasteiger partial charge on any atom is -0.462 e. The van der Waals surface area contributed by atoms with Gasteiger partial charge in [-0.1, -0.05) is 259 Å². The van der Waals surface area contributed by atoms with E-state index < -0.39 is 6.10 Å². The van der Waals surface area contributed by atoms with Gasteiger partial charge in [-0.3, -0.25) is 14.4 Å². The van der Waals surface area contributed by atoms with Crippen molar-refractivity contribution in [1.29, 1.82) is 0 Å². The topological polar surface area (TPSA) is 78.9 Å². The molecule has 1 unspecified atom stereocenters. The van der Waals surface area contributed by atoms with Gasteiger partial charge in [0.05, 0.1) is 0 Å². The van der Waals surface area contributed by atoms with Crippen molar-refractivity contribution < 1.29 is 28.6 Å². The van der Waals surface area contributed by atoms with Gasteiger partial charge < -0.3 is 14.2 Å². The first-order chi connectivity index (χ1) is 29.3. The molecule has 0 aromatic carbocycles. The molecule has 0 aliphatic carbocycles. The lowest BCUT2D eigenvalue weighted by molar-refractivity contribution is -0.167. The molecule has 0 N–H and O–H groups in total. The van der Waals surface area contributed by atoms with Gasteiger partial charge in [-0.2, -0.15) is 0 Å². The van der Waals surface area contributed by atoms with Crippen molar-refractivity contribution in [3.8, 4) is 0 Å². The van der Waals surface area contributed by atoms with E-state index in [0.717, 1.165) is 69.6 Å². The van der Waals surface area contributed by atoms with Gasteiger partial charge >= 0.3 is 17.9 Å². The van der Waals surface area contributed by atoms with Crippen LogP contribution in [0.2, 0.25) is 0 Å². The highest BCUT2D eigenvalue weighted by Crippen LogP contribution is 2.18. The van der Waals surface area contributed by atoms with Crippen molar-refractivity contribution in [2.24, 2.45) is 11.8 Å². The summed E-state index contributed by atoms with van der Waals surface area (Å²) in [6, 6.07) is 0. The van der Waals surface area contributed by atoms with Gasteiger partial charge in [0.2, 0.25) is 0 Å². The van der Waals surface area contributed by atoms with Gasteiger partial charge in [-0.05, 0) is 31.1 Å². The van der Waals surface area contributed by atoms with Crippen molar-refractivity contribution in [2.45, 2.75) is 304 Å². The Bertz CT molecular complexity index is 918. The third-order valence-corrected chi connectivity index (χ3v) is 12.6. The standard InChI is InChI=1S/C54H104O6/c1-6-8-9-10-27-36-41-46-54(57)60-51(48-59-53(56)45-40-35-31-26-22-21-24-29-33-38-43-50(5)7-2)47-58-52(55)44-39-34-30-25-20-18-16-14-12-11-13-15-17-19-23-28-32-37-42-49(3)4/h49-51H,6-48H2,1-5H3/t50?,51-/m1/s1. The van der Waals surface area contributed by atoms with E-state index >= 15 is 0 Å². The Morgan fingerprint density at radius 1 is 0.350 bits per heavy atom. The zero-order valence-corrected chi connectivity index (χ0v) is 41.1. The van der Waals surface area contributed by atoms with Crippen LogP contribution >= 0.6 is 0 Å². The predicted octanol–water partition coefficient (Wildman–Crippen LogP) is 17.3. The lowest BCUT2D eigenvalue weighted by atomic mass is 9.99. The summed E-state index contributed by atoms with van der Waals surface area (Å²) < 4.78 is 16.8. The molecule has 0 aliphatic heterocycles. The average molecular weight is 849 g/mol. The molecule has 0 aromatic heterocycles. The molecule has 0 aromatic rings. The van der Waals surface area contributed by atoms with E-state index in [1.54, 1.807) is 0 Å². The van der Waals surface area contributed by atoms with Gasteiger partial charge in [0.25, 0.3) is 0 Å². The van der Waals surface area contributed by atoms with Gasteiger partial charge in [0.1, 0.15) is 13.2 Å². The average Bonchev–Trinajstić information content (AvgIpc) is 3.23. The van der Waals surface area contributed by atoms with E-state index in [1.165, 1.54) is 186 Å². The monoisotopic (exact) mass is 849 g/mol. The van der Waals surface area contributed by atoms with Gasteiger partial charge in [0.15, 0.2) is 6.10 Å². The largest absolute Gasteiger partial charge is 0.462 e. The van der Waals surface area contributed by atoms with E-state index in [4.69, 9.17) is 14.2 Å². The molecule has 0 saturated carbocycles. The Balaban J connectivity index is 4.11. The maximum Gasteiger partial charge on any atom is 0.306 e. The lowest BCUT2D eigenvalue weighted by Gasteiger charge is -2.18. The maximum absolute atomic E-state index is 12.7. The summed E-state index contributed by atoms with van der Waals surface area (Å²) >= 11 is 0. The van der Waals surface area contributed by atoms with Crippen molar-refractivity contribution >= 4 is 17.9 Å². The fourth-order valence-electron chi connectivity index (χ4n) is 8.13. The first kappa shape index (κ1) is 58.4. The zero-order chi connectivity index (χ0) is 44.0. The number of hydrogen-bond acceptors (Lipinski definition) is 6.